The molecule has 100 valence electrons. The predicted octanol–water partition coefficient (Wildman–Crippen LogP) is 3.28. The van der Waals surface area contributed by atoms with E-state index < -0.39 is 5.97 Å². The first-order chi connectivity index (χ1) is 9.56. The lowest BCUT2D eigenvalue weighted by atomic mass is 10.1. The van der Waals surface area contributed by atoms with Crippen molar-refractivity contribution in [3.05, 3.63) is 46.6 Å². The van der Waals surface area contributed by atoms with Gasteiger partial charge in [-0.1, -0.05) is 23.7 Å². The molecule has 0 radical (unpaired) electrons. The summed E-state index contributed by atoms with van der Waals surface area (Å²) in [5, 5.41) is 9.57. The van der Waals surface area contributed by atoms with Crippen molar-refractivity contribution in [2.45, 2.75) is 6.92 Å². The van der Waals surface area contributed by atoms with Gasteiger partial charge >= 0.3 is 5.97 Å². The molecule has 2 N–H and O–H groups in total. The number of carbonyl (C=O) groups is 1. The Bertz CT molecular complexity index is 826. The molecule has 0 atom stereocenters. The minimum Gasteiger partial charge on any atom is -0.478 e. The van der Waals surface area contributed by atoms with E-state index in [2.05, 4.69) is 15.0 Å². The summed E-state index contributed by atoms with van der Waals surface area (Å²) in [5.41, 5.74) is 2.86. The van der Waals surface area contributed by atoms with E-state index in [0.717, 1.165) is 11.1 Å². The van der Waals surface area contributed by atoms with Crippen molar-refractivity contribution >= 4 is 28.7 Å². The van der Waals surface area contributed by atoms with Crippen LogP contribution in [0, 0.1) is 6.92 Å². The molecule has 20 heavy (non-hydrogen) atoms. The van der Waals surface area contributed by atoms with Crippen LogP contribution in [0.25, 0.3) is 22.6 Å². The lowest BCUT2D eigenvalue weighted by molar-refractivity contribution is 0.0696. The van der Waals surface area contributed by atoms with E-state index in [0.29, 0.717) is 22.0 Å². The quantitative estimate of drug-likeness (QED) is 0.758. The van der Waals surface area contributed by atoms with Crippen LogP contribution in [0.15, 0.2) is 30.5 Å². The molecule has 0 aliphatic rings. The van der Waals surface area contributed by atoms with Gasteiger partial charge in [-0.2, -0.15) is 0 Å². The van der Waals surface area contributed by atoms with Crippen molar-refractivity contribution in [2.24, 2.45) is 0 Å². The molecule has 6 heteroatoms. The molecule has 5 nitrogen and oxygen atoms in total. The fourth-order valence-corrected chi connectivity index (χ4v) is 2.19. The zero-order valence-electron chi connectivity index (χ0n) is 10.5. The van der Waals surface area contributed by atoms with E-state index in [1.165, 1.54) is 12.3 Å². The predicted molar refractivity (Wildman–Crippen MR) is 76.0 cm³/mol. The first kappa shape index (κ1) is 12.6. The fourth-order valence-electron chi connectivity index (χ4n) is 1.97. The maximum Gasteiger partial charge on any atom is 0.337 e. The lowest BCUT2D eigenvalue weighted by Gasteiger charge is -2.02. The molecule has 2 heterocycles. The molecule has 0 aliphatic heterocycles. The molecule has 0 spiro atoms. The summed E-state index contributed by atoms with van der Waals surface area (Å²) in [6, 6.07) is 7.16. The van der Waals surface area contributed by atoms with Crippen LogP contribution in [0.4, 0.5) is 0 Å². The van der Waals surface area contributed by atoms with Crippen LogP contribution in [0.3, 0.4) is 0 Å². The van der Waals surface area contributed by atoms with Gasteiger partial charge in [0.1, 0.15) is 5.82 Å². The molecule has 1 aromatic carbocycles. The summed E-state index contributed by atoms with van der Waals surface area (Å²) in [4.78, 5) is 22.4. The molecular weight excluding hydrogens is 278 g/mol. The number of nitrogens with one attached hydrogen (secondary N) is 1. The third kappa shape index (κ3) is 2.02. The normalized spacial score (nSPS) is 10.9. The highest BCUT2D eigenvalue weighted by molar-refractivity contribution is 6.34. The average molecular weight is 288 g/mol. The van der Waals surface area contributed by atoms with E-state index in [-0.39, 0.29) is 5.56 Å². The third-order valence-electron chi connectivity index (χ3n) is 3.03. The van der Waals surface area contributed by atoms with Gasteiger partial charge in [-0.15, -0.1) is 0 Å². The van der Waals surface area contributed by atoms with Crippen molar-refractivity contribution in [3.8, 4) is 11.4 Å². The van der Waals surface area contributed by atoms with Crippen LogP contribution in [0.1, 0.15) is 15.9 Å². The zero-order valence-corrected chi connectivity index (χ0v) is 11.3. The van der Waals surface area contributed by atoms with Crippen LogP contribution in [-0.4, -0.2) is 26.0 Å². The van der Waals surface area contributed by atoms with Crippen LogP contribution < -0.4 is 0 Å². The van der Waals surface area contributed by atoms with E-state index in [1.54, 1.807) is 0 Å². The minimum absolute atomic E-state index is 0.114. The van der Waals surface area contributed by atoms with Crippen molar-refractivity contribution < 1.29 is 9.90 Å². The van der Waals surface area contributed by atoms with Gasteiger partial charge in [0.2, 0.25) is 0 Å². The molecule has 0 saturated carbocycles. The highest BCUT2D eigenvalue weighted by atomic mass is 35.5. The van der Waals surface area contributed by atoms with E-state index in [9.17, 15) is 4.79 Å². The first-order valence-corrected chi connectivity index (χ1v) is 6.28. The van der Waals surface area contributed by atoms with Gasteiger partial charge in [-0.3, -0.25) is 0 Å². The van der Waals surface area contributed by atoms with Gasteiger partial charge < -0.3 is 10.1 Å². The number of halogens is 1. The number of aromatic amines is 1. The number of hydrogen-bond acceptors (Lipinski definition) is 3. The van der Waals surface area contributed by atoms with Crippen LogP contribution in [0.5, 0.6) is 0 Å². The Kier molecular flexibility index (Phi) is 2.91. The Balaban J connectivity index is 2.18. The largest absolute Gasteiger partial charge is 0.478 e. The summed E-state index contributed by atoms with van der Waals surface area (Å²) < 4.78 is 0. The maximum absolute atomic E-state index is 10.9. The second-order valence-corrected chi connectivity index (χ2v) is 4.80. The topological polar surface area (TPSA) is 78.9 Å². The number of aryl methyl sites for hydroxylation is 1. The number of aromatic nitrogens is 3. The highest BCUT2D eigenvalue weighted by Gasteiger charge is 2.12. The Morgan fingerprint density at radius 2 is 2.20 bits per heavy atom. The van der Waals surface area contributed by atoms with Gasteiger partial charge in [0, 0.05) is 11.8 Å². The van der Waals surface area contributed by atoms with Gasteiger partial charge in [0.25, 0.3) is 0 Å². The smallest absolute Gasteiger partial charge is 0.337 e. The lowest BCUT2D eigenvalue weighted by Crippen LogP contribution is -1.96. The second kappa shape index (κ2) is 4.61. The standard InChI is InChI=1S/C14H10ClN3O2/c1-7-3-2-4-9(11(7)15)12-17-10-5-8(14(19)20)6-16-13(10)18-12/h2-6H,1H3,(H,19,20)(H,16,17,18). The van der Waals surface area contributed by atoms with E-state index in [4.69, 9.17) is 16.7 Å². The molecule has 3 aromatic rings. The van der Waals surface area contributed by atoms with Gasteiger partial charge in [-0.05, 0) is 24.6 Å². The third-order valence-corrected chi connectivity index (χ3v) is 3.53. The minimum atomic E-state index is -1.02. The number of hydrogen-bond donors (Lipinski definition) is 2. The Labute approximate surface area is 119 Å². The van der Waals surface area contributed by atoms with E-state index in [1.807, 2.05) is 25.1 Å². The molecule has 0 unspecified atom stereocenters. The molecular formula is C14H10ClN3O2. The Morgan fingerprint density at radius 3 is 2.95 bits per heavy atom. The number of rotatable bonds is 2. The number of nitrogens with zero attached hydrogens (tertiary/aromatic N) is 2. The molecule has 0 bridgehead atoms. The number of carboxylic acid groups (broad SMARTS) is 1. The highest BCUT2D eigenvalue weighted by Crippen LogP contribution is 2.29. The molecule has 0 fully saturated rings. The zero-order chi connectivity index (χ0) is 14.3. The number of benzene rings is 1. The number of imidazole rings is 1. The number of aromatic carboxylic acids is 1. The summed E-state index contributed by atoms with van der Waals surface area (Å²) in [5.74, 6) is -0.451. The molecule has 0 saturated heterocycles. The van der Waals surface area contributed by atoms with Crippen molar-refractivity contribution in [1.82, 2.24) is 15.0 Å². The SMILES string of the molecule is Cc1cccc(-c2nc3ncc(C(=O)O)cc3[nH]2)c1Cl. The van der Waals surface area contributed by atoms with Gasteiger partial charge in [0.15, 0.2) is 5.65 Å². The average Bonchev–Trinajstić information content (AvgIpc) is 2.84. The summed E-state index contributed by atoms with van der Waals surface area (Å²) in [7, 11) is 0. The van der Waals surface area contributed by atoms with E-state index >= 15 is 0 Å². The van der Waals surface area contributed by atoms with Crippen LogP contribution in [-0.2, 0) is 0 Å². The second-order valence-electron chi connectivity index (χ2n) is 4.42. The summed E-state index contributed by atoms with van der Waals surface area (Å²) in [6.07, 6.45) is 1.28. The van der Waals surface area contributed by atoms with Gasteiger partial charge in [-0.25, -0.2) is 14.8 Å². The molecule has 3 rings (SSSR count). The Morgan fingerprint density at radius 1 is 1.40 bits per heavy atom. The molecule has 0 amide bonds. The van der Waals surface area contributed by atoms with Crippen molar-refractivity contribution in [3.63, 3.8) is 0 Å². The van der Waals surface area contributed by atoms with Crippen molar-refractivity contribution in [2.75, 3.05) is 0 Å². The molecule has 0 aliphatic carbocycles. The first-order valence-electron chi connectivity index (χ1n) is 5.91. The number of carboxylic acids is 1. The van der Waals surface area contributed by atoms with Crippen LogP contribution in [0.2, 0.25) is 5.02 Å². The summed E-state index contributed by atoms with van der Waals surface area (Å²) in [6.45, 7) is 1.91. The monoisotopic (exact) mass is 287 g/mol. The summed E-state index contributed by atoms with van der Waals surface area (Å²) >= 11 is 6.26. The van der Waals surface area contributed by atoms with Crippen LogP contribution >= 0.6 is 11.6 Å². The van der Waals surface area contributed by atoms with Gasteiger partial charge in [0.05, 0.1) is 16.1 Å². The number of pyridine rings is 1. The number of fused-ring (bicyclic) bond motifs is 1. The maximum atomic E-state index is 10.9. The number of H-pyrrole nitrogens is 1. The fraction of sp³-hybridized carbons (Fsp3) is 0.0714. The molecule has 2 aromatic heterocycles. The Hall–Kier alpha value is -2.40. The van der Waals surface area contributed by atoms with Crippen molar-refractivity contribution in [1.29, 1.82) is 0 Å².